The van der Waals surface area contributed by atoms with Gasteiger partial charge in [0.2, 0.25) is 0 Å². The summed E-state index contributed by atoms with van der Waals surface area (Å²) in [6.07, 6.45) is 0.803. The summed E-state index contributed by atoms with van der Waals surface area (Å²) in [7, 11) is 3.32. The first-order valence-corrected chi connectivity index (χ1v) is 9.12. The fourth-order valence-corrected chi connectivity index (χ4v) is 3.87. The number of carbonyl (C=O) groups excluding carboxylic acids is 1. The minimum Gasteiger partial charge on any atom is -0.497 e. The molecule has 2 heterocycles. The molecule has 1 saturated heterocycles. The Labute approximate surface area is 152 Å². The van der Waals surface area contributed by atoms with Crippen molar-refractivity contribution in [2.45, 2.75) is 19.1 Å². The van der Waals surface area contributed by atoms with Gasteiger partial charge in [-0.15, -0.1) is 11.3 Å². The van der Waals surface area contributed by atoms with Gasteiger partial charge in [0.05, 0.1) is 31.3 Å². The van der Waals surface area contributed by atoms with Crippen LogP contribution in [-0.2, 0) is 22.5 Å². The van der Waals surface area contributed by atoms with Gasteiger partial charge in [-0.3, -0.25) is 4.79 Å². The van der Waals surface area contributed by atoms with E-state index < -0.39 is 0 Å². The van der Waals surface area contributed by atoms with E-state index in [2.05, 4.69) is 0 Å². The van der Waals surface area contributed by atoms with Gasteiger partial charge in [0.25, 0.3) is 5.91 Å². The number of thiophene rings is 1. The van der Waals surface area contributed by atoms with Gasteiger partial charge in [0.1, 0.15) is 5.75 Å². The fourth-order valence-electron chi connectivity index (χ4n) is 2.92. The van der Waals surface area contributed by atoms with Gasteiger partial charge in [0.15, 0.2) is 0 Å². The Hall–Kier alpha value is -1.89. The van der Waals surface area contributed by atoms with Crippen LogP contribution in [-0.4, -0.2) is 50.8 Å². The molecule has 25 heavy (non-hydrogen) atoms. The molecule has 1 aliphatic rings. The van der Waals surface area contributed by atoms with Crippen LogP contribution in [0.2, 0.25) is 0 Å². The number of hydrogen-bond donors (Lipinski definition) is 0. The van der Waals surface area contributed by atoms with E-state index in [1.807, 2.05) is 41.3 Å². The Kier molecular flexibility index (Phi) is 6.07. The monoisotopic (exact) mass is 361 g/mol. The standard InChI is InChI=1S/C19H23NO4S/c1-22-13-17-7-8-18(25-17)19(21)20-9-10-24-16(12-20)11-14-3-5-15(23-2)6-4-14/h3-8,16H,9-13H2,1-2H3/t16-/m1/s1. The average Bonchev–Trinajstić information content (AvgIpc) is 3.11. The molecule has 0 N–H and O–H groups in total. The summed E-state index contributed by atoms with van der Waals surface area (Å²) < 4.78 is 16.2. The molecule has 0 radical (unpaired) electrons. The third-order valence-electron chi connectivity index (χ3n) is 4.21. The Balaban J connectivity index is 1.60. The SMILES string of the molecule is COCc1ccc(C(=O)N2CCO[C@H](Cc3ccc(OC)cc3)C2)s1. The molecule has 1 aromatic carbocycles. The maximum absolute atomic E-state index is 12.7. The normalized spacial score (nSPS) is 17.5. The maximum Gasteiger partial charge on any atom is 0.264 e. The minimum atomic E-state index is 0.0181. The van der Waals surface area contributed by atoms with Crippen molar-refractivity contribution in [3.8, 4) is 5.75 Å². The lowest BCUT2D eigenvalue weighted by Crippen LogP contribution is -2.46. The average molecular weight is 361 g/mol. The number of rotatable bonds is 6. The molecule has 0 aliphatic carbocycles. The third-order valence-corrected chi connectivity index (χ3v) is 5.25. The second-order valence-electron chi connectivity index (χ2n) is 6.00. The molecule has 0 spiro atoms. The van der Waals surface area contributed by atoms with Crippen LogP contribution in [0.1, 0.15) is 20.1 Å². The van der Waals surface area contributed by atoms with Gasteiger partial charge in [-0.25, -0.2) is 0 Å². The number of morpholine rings is 1. The molecular weight excluding hydrogens is 338 g/mol. The zero-order valence-electron chi connectivity index (χ0n) is 14.6. The molecule has 1 fully saturated rings. The van der Waals surface area contributed by atoms with Crippen LogP contribution in [0.5, 0.6) is 5.75 Å². The summed E-state index contributed by atoms with van der Waals surface area (Å²) >= 11 is 1.50. The van der Waals surface area contributed by atoms with Crippen molar-refractivity contribution in [2.75, 3.05) is 33.9 Å². The zero-order chi connectivity index (χ0) is 17.6. The van der Waals surface area contributed by atoms with Crippen LogP contribution >= 0.6 is 11.3 Å². The Morgan fingerprint density at radius 3 is 2.76 bits per heavy atom. The predicted molar refractivity (Wildman–Crippen MR) is 97.4 cm³/mol. The summed E-state index contributed by atoms with van der Waals surface area (Å²) in [4.78, 5) is 16.4. The van der Waals surface area contributed by atoms with Crippen LogP contribution in [0, 0.1) is 0 Å². The highest BCUT2D eigenvalue weighted by Gasteiger charge is 2.26. The predicted octanol–water partition coefficient (Wildman–Crippen LogP) is 2.99. The molecule has 134 valence electrons. The number of benzene rings is 1. The van der Waals surface area contributed by atoms with Crippen molar-refractivity contribution < 1.29 is 19.0 Å². The van der Waals surface area contributed by atoms with Crippen LogP contribution < -0.4 is 4.74 Å². The third kappa shape index (κ3) is 4.60. The van der Waals surface area contributed by atoms with Crippen molar-refractivity contribution in [1.29, 1.82) is 0 Å². The van der Waals surface area contributed by atoms with Gasteiger partial charge < -0.3 is 19.1 Å². The lowest BCUT2D eigenvalue weighted by molar-refractivity contribution is -0.0206. The Morgan fingerprint density at radius 2 is 2.04 bits per heavy atom. The van der Waals surface area contributed by atoms with E-state index in [0.29, 0.717) is 26.3 Å². The largest absolute Gasteiger partial charge is 0.497 e. The number of carbonyl (C=O) groups is 1. The van der Waals surface area contributed by atoms with Crippen molar-refractivity contribution in [3.05, 3.63) is 51.7 Å². The molecule has 0 saturated carbocycles. The molecule has 6 heteroatoms. The van der Waals surface area contributed by atoms with E-state index in [0.717, 1.165) is 21.9 Å². The lowest BCUT2D eigenvalue weighted by Gasteiger charge is -2.32. The van der Waals surface area contributed by atoms with Crippen LogP contribution in [0.3, 0.4) is 0 Å². The van der Waals surface area contributed by atoms with E-state index in [4.69, 9.17) is 14.2 Å². The van der Waals surface area contributed by atoms with Gasteiger partial charge in [-0.05, 0) is 29.8 Å². The topological polar surface area (TPSA) is 48.0 Å². The highest BCUT2D eigenvalue weighted by molar-refractivity contribution is 7.14. The second kappa shape index (κ2) is 8.47. The lowest BCUT2D eigenvalue weighted by atomic mass is 10.1. The van der Waals surface area contributed by atoms with Crippen molar-refractivity contribution >= 4 is 17.2 Å². The molecule has 0 bridgehead atoms. The van der Waals surface area contributed by atoms with Gasteiger partial charge in [-0.1, -0.05) is 12.1 Å². The maximum atomic E-state index is 12.7. The zero-order valence-corrected chi connectivity index (χ0v) is 15.4. The fraction of sp³-hybridized carbons (Fsp3) is 0.421. The van der Waals surface area contributed by atoms with Crippen LogP contribution in [0.15, 0.2) is 36.4 Å². The quantitative estimate of drug-likeness (QED) is 0.794. The molecule has 3 rings (SSSR count). The van der Waals surface area contributed by atoms with Gasteiger partial charge >= 0.3 is 0 Å². The van der Waals surface area contributed by atoms with E-state index >= 15 is 0 Å². The first-order valence-electron chi connectivity index (χ1n) is 8.31. The smallest absolute Gasteiger partial charge is 0.264 e. The van der Waals surface area contributed by atoms with Crippen LogP contribution in [0.25, 0.3) is 0 Å². The van der Waals surface area contributed by atoms with Gasteiger partial charge in [0, 0.05) is 31.5 Å². The highest BCUT2D eigenvalue weighted by atomic mass is 32.1. The summed E-state index contributed by atoms with van der Waals surface area (Å²) in [5, 5.41) is 0. The first kappa shape index (κ1) is 17.9. The molecule has 1 aliphatic heterocycles. The summed E-state index contributed by atoms with van der Waals surface area (Å²) in [5.41, 5.74) is 1.18. The minimum absolute atomic E-state index is 0.0181. The Bertz CT molecular complexity index is 698. The van der Waals surface area contributed by atoms with Crippen LogP contribution in [0.4, 0.5) is 0 Å². The number of nitrogens with zero attached hydrogens (tertiary/aromatic N) is 1. The molecular formula is C19H23NO4S. The number of amides is 1. The molecule has 2 aromatic rings. The van der Waals surface area contributed by atoms with E-state index in [-0.39, 0.29) is 12.0 Å². The first-order chi connectivity index (χ1) is 12.2. The number of ether oxygens (including phenoxy) is 3. The summed E-state index contributed by atoms with van der Waals surface area (Å²) in [5.74, 6) is 0.921. The number of methoxy groups -OCH3 is 2. The summed E-state index contributed by atoms with van der Waals surface area (Å²) in [6, 6.07) is 11.8. The highest BCUT2D eigenvalue weighted by Crippen LogP contribution is 2.21. The van der Waals surface area contributed by atoms with Gasteiger partial charge in [-0.2, -0.15) is 0 Å². The van der Waals surface area contributed by atoms with Crippen molar-refractivity contribution in [2.24, 2.45) is 0 Å². The molecule has 5 nitrogen and oxygen atoms in total. The van der Waals surface area contributed by atoms with E-state index in [1.54, 1.807) is 14.2 Å². The van der Waals surface area contributed by atoms with Crippen molar-refractivity contribution in [1.82, 2.24) is 4.90 Å². The Morgan fingerprint density at radius 1 is 1.24 bits per heavy atom. The molecule has 1 atom stereocenters. The van der Waals surface area contributed by atoms with E-state index in [9.17, 15) is 4.79 Å². The molecule has 1 amide bonds. The number of hydrogen-bond acceptors (Lipinski definition) is 5. The van der Waals surface area contributed by atoms with E-state index in [1.165, 1.54) is 16.9 Å². The second-order valence-corrected chi connectivity index (χ2v) is 7.16. The molecule has 0 unspecified atom stereocenters. The molecule has 1 aromatic heterocycles. The summed E-state index contributed by atoms with van der Waals surface area (Å²) in [6.45, 7) is 2.36. The van der Waals surface area contributed by atoms with Crippen molar-refractivity contribution in [3.63, 3.8) is 0 Å².